The number of ketones is 1. The van der Waals surface area contributed by atoms with Crippen molar-refractivity contribution >= 4 is 28.2 Å². The number of amides is 1. The number of anilines is 1. The summed E-state index contributed by atoms with van der Waals surface area (Å²) in [6, 6.07) is 0. The molecular formula is C9H12N3O2S+. The summed E-state index contributed by atoms with van der Waals surface area (Å²) >= 11 is 1.28. The van der Waals surface area contributed by atoms with Gasteiger partial charge in [-0.1, -0.05) is 0 Å². The molecule has 0 radical (unpaired) electrons. The molecule has 15 heavy (non-hydrogen) atoms. The number of quaternary nitrogens is 1. The fourth-order valence-electron chi connectivity index (χ4n) is 1.25. The SMILES string of the molecule is CC(=O)c1csc(NC(=O)C2C[NH2+]C2)n1. The molecule has 1 saturated heterocycles. The Balaban J connectivity index is 1.97. The molecule has 0 atom stereocenters. The van der Waals surface area contributed by atoms with Crippen LogP contribution in [-0.4, -0.2) is 29.8 Å². The Morgan fingerprint density at radius 3 is 2.80 bits per heavy atom. The first-order chi connectivity index (χ1) is 7.16. The van der Waals surface area contributed by atoms with Gasteiger partial charge in [-0.2, -0.15) is 0 Å². The fraction of sp³-hybridized carbons (Fsp3) is 0.444. The first-order valence-electron chi connectivity index (χ1n) is 4.76. The first-order valence-corrected chi connectivity index (χ1v) is 5.64. The van der Waals surface area contributed by atoms with Gasteiger partial charge >= 0.3 is 0 Å². The molecule has 1 aliphatic heterocycles. The van der Waals surface area contributed by atoms with Gasteiger partial charge in [0.05, 0.1) is 13.1 Å². The smallest absolute Gasteiger partial charge is 0.240 e. The van der Waals surface area contributed by atoms with Crippen LogP contribution in [0.1, 0.15) is 17.4 Å². The van der Waals surface area contributed by atoms with Gasteiger partial charge in [0.1, 0.15) is 11.6 Å². The highest BCUT2D eigenvalue weighted by atomic mass is 32.1. The normalized spacial score (nSPS) is 15.8. The van der Waals surface area contributed by atoms with E-state index in [4.69, 9.17) is 0 Å². The Hall–Kier alpha value is -1.27. The van der Waals surface area contributed by atoms with E-state index in [1.54, 1.807) is 5.38 Å². The number of aromatic nitrogens is 1. The number of Topliss-reactive ketones (excluding diaryl/α,β-unsaturated/α-hetero) is 1. The number of hydrogen-bond acceptors (Lipinski definition) is 4. The maximum absolute atomic E-state index is 11.5. The quantitative estimate of drug-likeness (QED) is 0.681. The first kappa shape index (κ1) is 10.3. The number of nitrogens with zero attached hydrogens (tertiary/aromatic N) is 1. The van der Waals surface area contributed by atoms with E-state index in [1.165, 1.54) is 18.3 Å². The third-order valence-electron chi connectivity index (χ3n) is 2.37. The summed E-state index contributed by atoms with van der Waals surface area (Å²) in [4.78, 5) is 26.5. The van der Waals surface area contributed by atoms with E-state index in [1.807, 2.05) is 0 Å². The Morgan fingerprint density at radius 1 is 1.60 bits per heavy atom. The van der Waals surface area contributed by atoms with Crippen LogP contribution in [0.5, 0.6) is 0 Å². The topological polar surface area (TPSA) is 75.7 Å². The van der Waals surface area contributed by atoms with Gasteiger partial charge in [0.25, 0.3) is 0 Å². The van der Waals surface area contributed by atoms with Gasteiger partial charge in [-0.25, -0.2) is 4.98 Å². The second-order valence-electron chi connectivity index (χ2n) is 3.54. The summed E-state index contributed by atoms with van der Waals surface area (Å²) in [6.07, 6.45) is 0. The Labute approximate surface area is 90.9 Å². The number of carbonyl (C=O) groups excluding carboxylic acids is 2. The van der Waals surface area contributed by atoms with E-state index in [0.29, 0.717) is 10.8 Å². The maximum Gasteiger partial charge on any atom is 0.240 e. The molecular weight excluding hydrogens is 214 g/mol. The number of nitrogens with one attached hydrogen (secondary N) is 1. The van der Waals surface area contributed by atoms with E-state index in [2.05, 4.69) is 15.6 Å². The van der Waals surface area contributed by atoms with Crippen LogP contribution in [-0.2, 0) is 4.79 Å². The van der Waals surface area contributed by atoms with Crippen LogP contribution in [0.25, 0.3) is 0 Å². The van der Waals surface area contributed by atoms with Gasteiger partial charge in [0.15, 0.2) is 10.9 Å². The predicted molar refractivity (Wildman–Crippen MR) is 55.9 cm³/mol. The summed E-state index contributed by atoms with van der Waals surface area (Å²) in [7, 11) is 0. The summed E-state index contributed by atoms with van der Waals surface area (Å²) in [5, 5.41) is 6.96. The van der Waals surface area contributed by atoms with E-state index >= 15 is 0 Å². The summed E-state index contributed by atoms with van der Waals surface area (Å²) in [5.41, 5.74) is 0.412. The van der Waals surface area contributed by atoms with Gasteiger partial charge in [0, 0.05) is 12.3 Å². The molecule has 0 aromatic carbocycles. The number of carbonyl (C=O) groups is 2. The van der Waals surface area contributed by atoms with E-state index < -0.39 is 0 Å². The second kappa shape index (κ2) is 4.08. The van der Waals surface area contributed by atoms with E-state index in [-0.39, 0.29) is 17.6 Å². The van der Waals surface area contributed by atoms with Crippen molar-refractivity contribution in [2.24, 2.45) is 5.92 Å². The zero-order valence-corrected chi connectivity index (χ0v) is 9.13. The van der Waals surface area contributed by atoms with Crippen molar-refractivity contribution < 1.29 is 14.9 Å². The molecule has 1 amide bonds. The molecule has 5 nitrogen and oxygen atoms in total. The van der Waals surface area contributed by atoms with Crippen molar-refractivity contribution in [3.8, 4) is 0 Å². The highest BCUT2D eigenvalue weighted by Crippen LogP contribution is 2.16. The van der Waals surface area contributed by atoms with Gasteiger partial charge in [-0.05, 0) is 0 Å². The van der Waals surface area contributed by atoms with Crippen LogP contribution in [0.2, 0.25) is 0 Å². The molecule has 0 bridgehead atoms. The minimum Gasteiger partial charge on any atom is -0.345 e. The average molecular weight is 226 g/mol. The third kappa shape index (κ3) is 2.21. The fourth-order valence-corrected chi connectivity index (χ4v) is 2.00. The Kier molecular flexibility index (Phi) is 2.79. The number of thiazole rings is 1. The largest absolute Gasteiger partial charge is 0.345 e. The summed E-state index contributed by atoms with van der Waals surface area (Å²) in [6.45, 7) is 3.15. The molecule has 0 saturated carbocycles. The van der Waals surface area contributed by atoms with Crippen molar-refractivity contribution in [3.63, 3.8) is 0 Å². The average Bonchev–Trinajstić information content (AvgIpc) is 2.48. The lowest BCUT2D eigenvalue weighted by molar-refractivity contribution is -0.716. The molecule has 2 heterocycles. The standard InChI is InChI=1S/C9H11N3O2S/c1-5(13)7-4-15-9(11-7)12-8(14)6-2-10-3-6/h4,6,10H,2-3H2,1H3,(H,11,12,14)/p+1. The molecule has 1 fully saturated rings. The number of rotatable bonds is 3. The predicted octanol–water partition coefficient (Wildman–Crippen LogP) is -0.523. The monoisotopic (exact) mass is 226 g/mol. The van der Waals surface area contributed by atoms with Crippen molar-refractivity contribution in [1.29, 1.82) is 0 Å². The molecule has 0 unspecified atom stereocenters. The summed E-state index contributed by atoms with van der Waals surface area (Å²) in [5.74, 6) is 0.0142. The summed E-state index contributed by atoms with van der Waals surface area (Å²) < 4.78 is 0. The Bertz CT molecular complexity index is 398. The molecule has 80 valence electrons. The zero-order valence-electron chi connectivity index (χ0n) is 8.32. The van der Waals surface area contributed by atoms with E-state index in [0.717, 1.165) is 13.1 Å². The van der Waals surface area contributed by atoms with Crippen molar-refractivity contribution in [2.75, 3.05) is 18.4 Å². The lowest BCUT2D eigenvalue weighted by Crippen LogP contribution is -2.97. The van der Waals surface area contributed by atoms with Gasteiger partial charge in [-0.15, -0.1) is 11.3 Å². The van der Waals surface area contributed by atoms with E-state index in [9.17, 15) is 9.59 Å². The molecule has 0 spiro atoms. The highest BCUT2D eigenvalue weighted by molar-refractivity contribution is 7.14. The Morgan fingerprint density at radius 2 is 2.33 bits per heavy atom. The lowest BCUT2D eigenvalue weighted by atomic mass is 10.0. The third-order valence-corrected chi connectivity index (χ3v) is 3.13. The van der Waals surface area contributed by atoms with Crippen LogP contribution in [0, 0.1) is 5.92 Å². The van der Waals surface area contributed by atoms with Crippen molar-refractivity contribution in [3.05, 3.63) is 11.1 Å². The van der Waals surface area contributed by atoms with Gasteiger partial charge in [0.2, 0.25) is 5.91 Å². The van der Waals surface area contributed by atoms with Crippen LogP contribution >= 0.6 is 11.3 Å². The minimum atomic E-state index is -0.0799. The van der Waals surface area contributed by atoms with Crippen LogP contribution in [0.15, 0.2) is 5.38 Å². The molecule has 1 aromatic heterocycles. The number of hydrogen-bond donors (Lipinski definition) is 2. The molecule has 0 aliphatic carbocycles. The van der Waals surface area contributed by atoms with Crippen LogP contribution < -0.4 is 10.6 Å². The highest BCUT2D eigenvalue weighted by Gasteiger charge is 2.29. The molecule has 3 N–H and O–H groups in total. The molecule has 6 heteroatoms. The zero-order chi connectivity index (χ0) is 10.8. The van der Waals surface area contributed by atoms with Crippen LogP contribution in [0.3, 0.4) is 0 Å². The number of nitrogens with two attached hydrogens (primary N) is 1. The minimum absolute atomic E-state index is 0.00181. The second-order valence-corrected chi connectivity index (χ2v) is 4.40. The van der Waals surface area contributed by atoms with Crippen molar-refractivity contribution in [1.82, 2.24) is 4.98 Å². The van der Waals surface area contributed by atoms with Gasteiger partial charge in [-0.3, -0.25) is 9.59 Å². The maximum atomic E-state index is 11.5. The molecule has 2 rings (SSSR count). The molecule has 1 aromatic rings. The van der Waals surface area contributed by atoms with Crippen molar-refractivity contribution in [2.45, 2.75) is 6.92 Å². The lowest BCUT2D eigenvalue weighted by Gasteiger charge is -2.20. The van der Waals surface area contributed by atoms with Crippen LogP contribution in [0.4, 0.5) is 5.13 Å². The molecule has 1 aliphatic rings. The van der Waals surface area contributed by atoms with Gasteiger partial charge < -0.3 is 10.6 Å².